The van der Waals surface area contributed by atoms with Gasteiger partial charge in [0.05, 0.1) is 5.88 Å². The first kappa shape index (κ1) is 22.4. The minimum absolute atomic E-state index is 0.124. The van der Waals surface area contributed by atoms with Crippen LogP contribution >= 0.6 is 11.6 Å². The van der Waals surface area contributed by atoms with E-state index < -0.39 is 30.7 Å². The highest BCUT2D eigenvalue weighted by molar-refractivity contribution is 6.27. The maximum Gasteiger partial charge on any atom is 0.408 e. The van der Waals surface area contributed by atoms with E-state index in [1.807, 2.05) is 19.9 Å². The number of hydrogen-bond acceptors (Lipinski definition) is 3. The van der Waals surface area contributed by atoms with Crippen molar-refractivity contribution < 1.29 is 27.5 Å². The molecule has 8 heteroatoms. The molecule has 3 atom stereocenters. The summed E-state index contributed by atoms with van der Waals surface area (Å²) in [6, 6.07) is -2.15. The fourth-order valence-corrected chi connectivity index (χ4v) is 2.92. The lowest BCUT2D eigenvalue weighted by molar-refractivity contribution is -0.204. The summed E-state index contributed by atoms with van der Waals surface area (Å²) < 4.78 is 46.0. The van der Waals surface area contributed by atoms with E-state index in [4.69, 9.17) is 16.3 Å². The number of ketones is 1. The van der Waals surface area contributed by atoms with Gasteiger partial charge in [0.1, 0.15) is 11.8 Å². The minimum Gasteiger partial charge on any atom is -0.357 e. The molecule has 1 rings (SSSR count). The van der Waals surface area contributed by atoms with E-state index in [9.17, 15) is 22.8 Å². The highest BCUT2D eigenvalue weighted by Gasteiger charge is 2.46. The fourth-order valence-electron chi connectivity index (χ4n) is 2.79. The maximum absolute atomic E-state index is 13.6. The highest BCUT2D eigenvalue weighted by atomic mass is 35.5. The quantitative estimate of drug-likeness (QED) is 0.338. The van der Waals surface area contributed by atoms with Gasteiger partial charge in [0.25, 0.3) is 0 Å². The van der Waals surface area contributed by atoms with Gasteiger partial charge in [-0.3, -0.25) is 9.59 Å². The second-order valence-corrected chi connectivity index (χ2v) is 6.36. The molecular formula is C18H23ClF3NO3. The van der Waals surface area contributed by atoms with Gasteiger partial charge in [-0.05, 0) is 18.9 Å². The van der Waals surface area contributed by atoms with Crippen molar-refractivity contribution in [3.8, 4) is 0 Å². The van der Waals surface area contributed by atoms with Gasteiger partial charge in [0.15, 0.2) is 6.23 Å². The Labute approximate surface area is 156 Å². The average Bonchev–Trinajstić information content (AvgIpc) is 2.75. The monoisotopic (exact) mass is 393 g/mol. The number of rotatable bonds is 9. The van der Waals surface area contributed by atoms with Gasteiger partial charge in [-0.2, -0.15) is 13.2 Å². The number of methoxy groups -OCH3 is 1. The van der Waals surface area contributed by atoms with E-state index in [-0.39, 0.29) is 24.6 Å². The lowest BCUT2D eigenvalue weighted by atomic mass is 9.91. The van der Waals surface area contributed by atoms with Crippen molar-refractivity contribution in [2.24, 2.45) is 5.92 Å². The molecule has 0 aromatic heterocycles. The van der Waals surface area contributed by atoms with Crippen LogP contribution in [0, 0.1) is 5.92 Å². The van der Waals surface area contributed by atoms with Gasteiger partial charge in [-0.1, -0.05) is 36.8 Å². The lowest BCUT2D eigenvalue weighted by Gasteiger charge is -2.38. The summed E-state index contributed by atoms with van der Waals surface area (Å²) in [6.45, 7) is 3.69. The van der Waals surface area contributed by atoms with E-state index in [1.165, 1.54) is 7.11 Å². The largest absolute Gasteiger partial charge is 0.408 e. The van der Waals surface area contributed by atoms with Gasteiger partial charge in [-0.25, -0.2) is 0 Å². The molecule has 0 saturated heterocycles. The Balaban J connectivity index is 3.21. The first-order valence-corrected chi connectivity index (χ1v) is 8.65. The third-order valence-electron chi connectivity index (χ3n) is 4.43. The zero-order chi connectivity index (χ0) is 19.9. The summed E-state index contributed by atoms with van der Waals surface area (Å²) in [5.41, 5.74) is 1.46. The Hall–Kier alpha value is -1.60. The topological polar surface area (TPSA) is 46.6 Å². The van der Waals surface area contributed by atoms with Crippen molar-refractivity contribution in [1.29, 1.82) is 0 Å². The molecule has 0 fully saturated rings. The Bertz CT molecular complexity index is 599. The fraction of sp³-hybridized carbons (Fsp3) is 0.556. The first-order valence-electron chi connectivity index (χ1n) is 8.12. The van der Waals surface area contributed by atoms with Crippen molar-refractivity contribution >= 4 is 23.8 Å². The van der Waals surface area contributed by atoms with Crippen LogP contribution in [-0.4, -0.2) is 48.5 Å². The molecule has 0 heterocycles. The Morgan fingerprint density at radius 2 is 2.00 bits per heavy atom. The van der Waals surface area contributed by atoms with Crippen molar-refractivity contribution in [3.05, 3.63) is 35.5 Å². The standard InChI is InChI=1S/C18H23ClF3NO3/c1-12-6-4-5-7-15(13(12)2)17(26-3)23(11-24)16(18(20,21)22)9-8-14(25)10-19/h4-7,11,13,16-17H,8-10H2,1-3H3. The molecular weight excluding hydrogens is 371 g/mol. The predicted molar refractivity (Wildman–Crippen MR) is 93.6 cm³/mol. The van der Waals surface area contributed by atoms with E-state index in [0.29, 0.717) is 10.5 Å². The molecule has 0 bridgehead atoms. The van der Waals surface area contributed by atoms with Crippen LogP contribution in [0.1, 0.15) is 26.7 Å². The summed E-state index contributed by atoms with van der Waals surface area (Å²) in [5, 5.41) is 0. The van der Waals surface area contributed by atoms with Gasteiger partial charge in [0, 0.05) is 19.4 Å². The number of Topliss-reactive ketones (excluding diaryl/α,β-unsaturated/α-hetero) is 1. The van der Waals surface area contributed by atoms with Crippen LogP contribution in [0.15, 0.2) is 35.5 Å². The summed E-state index contributed by atoms with van der Waals surface area (Å²) in [6.07, 6.45) is 0.242. The first-order chi connectivity index (χ1) is 12.2. The molecule has 1 aliphatic carbocycles. The third-order valence-corrected chi connectivity index (χ3v) is 4.72. The van der Waals surface area contributed by atoms with Crippen LogP contribution in [0.2, 0.25) is 0 Å². The molecule has 4 nitrogen and oxygen atoms in total. The minimum atomic E-state index is -4.71. The van der Waals surface area contributed by atoms with E-state index in [1.54, 1.807) is 18.2 Å². The molecule has 146 valence electrons. The van der Waals surface area contributed by atoms with Crippen LogP contribution in [0.25, 0.3) is 0 Å². The van der Waals surface area contributed by atoms with Crippen LogP contribution < -0.4 is 0 Å². The molecule has 0 spiro atoms. The van der Waals surface area contributed by atoms with Crippen molar-refractivity contribution in [1.82, 2.24) is 4.90 Å². The molecule has 3 unspecified atom stereocenters. The number of ether oxygens (including phenoxy) is 1. The Morgan fingerprint density at radius 1 is 1.38 bits per heavy atom. The molecule has 0 N–H and O–H groups in total. The number of nitrogens with zero attached hydrogens (tertiary/aromatic N) is 1. The predicted octanol–water partition coefficient (Wildman–Crippen LogP) is 4.01. The van der Waals surface area contributed by atoms with Gasteiger partial charge < -0.3 is 9.64 Å². The molecule has 1 amide bonds. The van der Waals surface area contributed by atoms with E-state index in [0.717, 1.165) is 5.57 Å². The number of carbonyl (C=O) groups is 2. The summed E-state index contributed by atoms with van der Waals surface area (Å²) in [5.74, 6) is -1.09. The Morgan fingerprint density at radius 3 is 2.50 bits per heavy atom. The van der Waals surface area contributed by atoms with Crippen molar-refractivity contribution in [2.75, 3.05) is 13.0 Å². The zero-order valence-electron chi connectivity index (χ0n) is 14.9. The average molecular weight is 394 g/mol. The smallest absolute Gasteiger partial charge is 0.357 e. The SMILES string of the molecule is COC(C1=CC=CC=C(C)C1C)N(C=O)C(CCC(=O)CCl)C(F)(F)F. The normalized spacial score (nSPS) is 19.9. The Kier molecular flexibility index (Phi) is 8.56. The van der Waals surface area contributed by atoms with Gasteiger partial charge >= 0.3 is 6.18 Å². The number of halogens is 4. The summed E-state index contributed by atoms with van der Waals surface area (Å²) in [7, 11) is 1.25. The molecule has 0 saturated carbocycles. The van der Waals surface area contributed by atoms with E-state index in [2.05, 4.69) is 0 Å². The summed E-state index contributed by atoms with van der Waals surface area (Å²) >= 11 is 5.37. The highest BCUT2D eigenvalue weighted by Crippen LogP contribution is 2.34. The number of carbonyl (C=O) groups excluding carboxylic acids is 2. The molecule has 26 heavy (non-hydrogen) atoms. The van der Waals surface area contributed by atoms with Gasteiger partial charge in [-0.15, -0.1) is 11.6 Å². The lowest BCUT2D eigenvalue weighted by Crippen LogP contribution is -2.52. The van der Waals surface area contributed by atoms with Crippen molar-refractivity contribution in [3.63, 3.8) is 0 Å². The van der Waals surface area contributed by atoms with Crippen LogP contribution in [-0.2, 0) is 14.3 Å². The number of alkyl halides is 4. The van der Waals surface area contributed by atoms with E-state index >= 15 is 0 Å². The summed E-state index contributed by atoms with van der Waals surface area (Å²) in [4.78, 5) is 23.6. The third kappa shape index (κ3) is 5.71. The zero-order valence-corrected chi connectivity index (χ0v) is 15.7. The number of allylic oxidation sites excluding steroid dienone is 5. The second kappa shape index (κ2) is 9.92. The molecule has 0 radical (unpaired) electrons. The van der Waals surface area contributed by atoms with Crippen LogP contribution in [0.4, 0.5) is 13.2 Å². The second-order valence-electron chi connectivity index (χ2n) is 6.09. The molecule has 0 aromatic carbocycles. The van der Waals surface area contributed by atoms with Crippen molar-refractivity contribution in [2.45, 2.75) is 45.1 Å². The van der Waals surface area contributed by atoms with Crippen LogP contribution in [0.5, 0.6) is 0 Å². The maximum atomic E-state index is 13.6. The number of hydrogen-bond donors (Lipinski definition) is 0. The molecule has 0 aromatic rings. The number of amides is 1. The van der Waals surface area contributed by atoms with Gasteiger partial charge in [0.2, 0.25) is 6.41 Å². The molecule has 0 aliphatic heterocycles. The molecule has 1 aliphatic rings. The van der Waals surface area contributed by atoms with Crippen LogP contribution in [0.3, 0.4) is 0 Å².